The fraction of sp³-hybridized carbons (Fsp3) is 0.409. The zero-order valence-corrected chi connectivity index (χ0v) is 18.5. The number of halogens is 1. The molecule has 0 aromatic heterocycles. The first-order valence-electron chi connectivity index (χ1n) is 9.84. The predicted molar refractivity (Wildman–Crippen MR) is 114 cm³/mol. The zero-order chi connectivity index (χ0) is 22.3. The van der Waals surface area contributed by atoms with Gasteiger partial charge in [0, 0.05) is 6.54 Å². The second-order valence-electron chi connectivity index (χ2n) is 7.26. The molecule has 0 bridgehead atoms. The van der Waals surface area contributed by atoms with Gasteiger partial charge >= 0.3 is 5.97 Å². The number of nitrogens with zero attached hydrogens (tertiary/aromatic N) is 1. The van der Waals surface area contributed by atoms with Crippen molar-refractivity contribution >= 4 is 21.7 Å². The Morgan fingerprint density at radius 1 is 1.13 bits per heavy atom. The minimum Gasteiger partial charge on any atom is -0.493 e. The molecule has 0 aliphatic carbocycles. The first-order chi connectivity index (χ1) is 14.2. The van der Waals surface area contributed by atoms with Crippen LogP contribution >= 0.6 is 0 Å². The van der Waals surface area contributed by atoms with Crippen molar-refractivity contribution in [3.63, 3.8) is 0 Å². The molecule has 0 radical (unpaired) electrons. The summed E-state index contributed by atoms with van der Waals surface area (Å²) >= 11 is 0. The van der Waals surface area contributed by atoms with Gasteiger partial charge in [0.15, 0.2) is 0 Å². The molecule has 0 saturated heterocycles. The van der Waals surface area contributed by atoms with Gasteiger partial charge in [0.2, 0.25) is 0 Å². The molecule has 0 aliphatic heterocycles. The number of unbranched alkanes of at least 4 members (excludes halogenated alkanes) is 1. The van der Waals surface area contributed by atoms with Gasteiger partial charge in [-0.1, -0.05) is 27.2 Å². The molecule has 0 saturated carbocycles. The van der Waals surface area contributed by atoms with E-state index in [0.717, 1.165) is 25.0 Å². The first-order valence-corrected chi connectivity index (χ1v) is 11.3. The highest BCUT2D eigenvalue weighted by atomic mass is 32.2. The molecule has 2 rings (SSSR count). The van der Waals surface area contributed by atoms with Gasteiger partial charge in [0.25, 0.3) is 10.0 Å². The second kappa shape index (κ2) is 10.4. The zero-order valence-electron chi connectivity index (χ0n) is 17.7. The summed E-state index contributed by atoms with van der Waals surface area (Å²) in [5, 5.41) is 0. The van der Waals surface area contributed by atoms with Crippen LogP contribution in [0.4, 0.5) is 10.1 Å². The average Bonchev–Trinajstić information content (AvgIpc) is 2.72. The number of benzene rings is 2. The van der Waals surface area contributed by atoms with Crippen LogP contribution in [-0.2, 0) is 14.8 Å². The SMILES string of the molecule is CCCCOc1ccc(N(CC(C)C)S(=O)(=O)c2ccc(F)cc2)cc1C(=O)OC. The van der Waals surface area contributed by atoms with E-state index in [1.54, 1.807) is 12.1 Å². The summed E-state index contributed by atoms with van der Waals surface area (Å²) in [7, 11) is -2.72. The summed E-state index contributed by atoms with van der Waals surface area (Å²) in [6, 6.07) is 9.28. The Kier molecular flexibility index (Phi) is 8.23. The van der Waals surface area contributed by atoms with Crippen molar-refractivity contribution in [1.82, 2.24) is 0 Å². The number of esters is 1. The molecular weight excluding hydrogens is 409 g/mol. The van der Waals surface area contributed by atoms with Crippen molar-refractivity contribution in [1.29, 1.82) is 0 Å². The van der Waals surface area contributed by atoms with Crippen LogP contribution in [0.3, 0.4) is 0 Å². The highest BCUT2D eigenvalue weighted by molar-refractivity contribution is 7.92. The quantitative estimate of drug-likeness (QED) is 0.400. The molecule has 0 heterocycles. The molecule has 8 heteroatoms. The fourth-order valence-electron chi connectivity index (χ4n) is 2.80. The number of carbonyl (C=O) groups is 1. The van der Waals surface area contributed by atoms with Crippen LogP contribution in [0, 0.1) is 11.7 Å². The fourth-order valence-corrected chi connectivity index (χ4v) is 4.42. The van der Waals surface area contributed by atoms with E-state index in [1.807, 2.05) is 20.8 Å². The molecule has 6 nitrogen and oxygen atoms in total. The normalized spacial score (nSPS) is 11.4. The van der Waals surface area contributed by atoms with Gasteiger partial charge in [-0.25, -0.2) is 17.6 Å². The van der Waals surface area contributed by atoms with Crippen LogP contribution in [0.2, 0.25) is 0 Å². The molecule has 2 aromatic rings. The summed E-state index contributed by atoms with van der Waals surface area (Å²) < 4.78 is 51.6. The number of hydrogen-bond donors (Lipinski definition) is 0. The van der Waals surface area contributed by atoms with E-state index < -0.39 is 21.8 Å². The monoisotopic (exact) mass is 437 g/mol. The molecule has 30 heavy (non-hydrogen) atoms. The number of rotatable bonds is 10. The predicted octanol–water partition coefficient (Wildman–Crippen LogP) is 4.64. The highest BCUT2D eigenvalue weighted by Crippen LogP contribution is 2.30. The van der Waals surface area contributed by atoms with E-state index in [1.165, 1.54) is 29.6 Å². The Balaban J connectivity index is 2.53. The minimum atomic E-state index is -3.98. The molecule has 0 fully saturated rings. The average molecular weight is 438 g/mol. The Morgan fingerprint density at radius 3 is 2.37 bits per heavy atom. The van der Waals surface area contributed by atoms with Crippen molar-refractivity contribution < 1.29 is 27.1 Å². The number of methoxy groups -OCH3 is 1. The Hall–Kier alpha value is -2.61. The van der Waals surface area contributed by atoms with Gasteiger partial charge < -0.3 is 9.47 Å². The van der Waals surface area contributed by atoms with Crippen LogP contribution in [0.25, 0.3) is 0 Å². The van der Waals surface area contributed by atoms with E-state index >= 15 is 0 Å². The smallest absolute Gasteiger partial charge is 0.341 e. The topological polar surface area (TPSA) is 72.9 Å². The molecule has 0 N–H and O–H groups in total. The Labute approximate surface area is 177 Å². The van der Waals surface area contributed by atoms with Crippen LogP contribution in [0.5, 0.6) is 5.75 Å². The number of anilines is 1. The second-order valence-corrected chi connectivity index (χ2v) is 9.12. The lowest BCUT2D eigenvalue weighted by molar-refractivity contribution is 0.0596. The maximum atomic E-state index is 13.3. The maximum Gasteiger partial charge on any atom is 0.341 e. The molecule has 0 unspecified atom stereocenters. The van der Waals surface area contributed by atoms with Crippen molar-refractivity contribution in [2.45, 2.75) is 38.5 Å². The van der Waals surface area contributed by atoms with E-state index in [2.05, 4.69) is 0 Å². The number of carbonyl (C=O) groups excluding carboxylic acids is 1. The summed E-state index contributed by atoms with van der Waals surface area (Å²) in [6.45, 7) is 6.41. The Bertz CT molecular complexity index is 958. The van der Waals surface area contributed by atoms with E-state index in [9.17, 15) is 17.6 Å². The van der Waals surface area contributed by atoms with Crippen molar-refractivity contribution in [2.24, 2.45) is 5.92 Å². The van der Waals surface area contributed by atoms with Gasteiger partial charge in [-0.05, 0) is 54.8 Å². The van der Waals surface area contributed by atoms with E-state index in [-0.39, 0.29) is 22.9 Å². The molecule has 164 valence electrons. The van der Waals surface area contributed by atoms with Crippen molar-refractivity contribution in [3.05, 3.63) is 53.8 Å². The van der Waals surface area contributed by atoms with Crippen LogP contribution in [-0.4, -0.2) is 34.6 Å². The maximum absolute atomic E-state index is 13.3. The van der Waals surface area contributed by atoms with Gasteiger partial charge in [-0.15, -0.1) is 0 Å². The third kappa shape index (κ3) is 5.72. The van der Waals surface area contributed by atoms with Crippen LogP contribution < -0.4 is 9.04 Å². The third-order valence-corrected chi connectivity index (χ3v) is 6.15. The standard InChI is InChI=1S/C22H28FNO5S/c1-5-6-13-29-21-12-9-18(14-20(21)22(25)28-4)24(15-16(2)3)30(26,27)19-10-7-17(23)8-11-19/h7-12,14,16H,5-6,13,15H2,1-4H3. The molecule has 0 atom stereocenters. The Morgan fingerprint density at radius 2 is 1.80 bits per heavy atom. The molecular formula is C22H28FNO5S. The lowest BCUT2D eigenvalue weighted by Gasteiger charge is -2.27. The number of hydrogen-bond acceptors (Lipinski definition) is 5. The van der Waals surface area contributed by atoms with Crippen LogP contribution in [0.1, 0.15) is 44.0 Å². The summed E-state index contributed by atoms with van der Waals surface area (Å²) in [5.41, 5.74) is 0.449. The van der Waals surface area contributed by atoms with Gasteiger partial charge in [-0.3, -0.25) is 4.31 Å². The first kappa shape index (κ1) is 23.7. The minimum absolute atomic E-state index is 0.00211. The van der Waals surface area contributed by atoms with E-state index in [4.69, 9.17) is 9.47 Å². The molecule has 2 aromatic carbocycles. The molecule has 0 spiro atoms. The van der Waals surface area contributed by atoms with Crippen molar-refractivity contribution in [2.75, 3.05) is 24.6 Å². The lowest BCUT2D eigenvalue weighted by atomic mass is 10.1. The van der Waals surface area contributed by atoms with Gasteiger partial charge in [-0.2, -0.15) is 0 Å². The highest BCUT2D eigenvalue weighted by Gasteiger charge is 2.27. The molecule has 0 amide bonds. The summed E-state index contributed by atoms with van der Waals surface area (Å²) in [5.74, 6) is -0.803. The molecule has 0 aliphatic rings. The lowest BCUT2D eigenvalue weighted by Crippen LogP contribution is -2.34. The van der Waals surface area contributed by atoms with Crippen molar-refractivity contribution in [3.8, 4) is 5.75 Å². The number of sulfonamides is 1. The van der Waals surface area contributed by atoms with Crippen LogP contribution in [0.15, 0.2) is 47.4 Å². The van der Waals surface area contributed by atoms with E-state index in [0.29, 0.717) is 18.0 Å². The van der Waals surface area contributed by atoms with Gasteiger partial charge in [0.05, 0.1) is 24.3 Å². The van der Waals surface area contributed by atoms with Gasteiger partial charge in [0.1, 0.15) is 17.1 Å². The largest absolute Gasteiger partial charge is 0.493 e. The third-order valence-electron chi connectivity index (χ3n) is 4.34. The number of ether oxygens (including phenoxy) is 2. The summed E-state index contributed by atoms with van der Waals surface area (Å²) in [6.07, 6.45) is 1.75. The summed E-state index contributed by atoms with van der Waals surface area (Å²) in [4.78, 5) is 12.3.